The lowest BCUT2D eigenvalue weighted by Gasteiger charge is -2.38. The maximum absolute atomic E-state index is 13.3. The van der Waals surface area contributed by atoms with E-state index in [0.29, 0.717) is 0 Å². The SMILES string of the molecule is CCC(C)C(C)C(C)(C)C(=O)N(C(C)=S)c1ccc(C#N)c(C(F)(F)F)c1. The Labute approximate surface area is 164 Å². The Balaban J connectivity index is 3.49. The van der Waals surface area contributed by atoms with E-state index in [-0.39, 0.29) is 28.4 Å². The second kappa shape index (κ2) is 8.39. The molecule has 0 radical (unpaired) electrons. The van der Waals surface area contributed by atoms with Crippen LogP contribution in [0.2, 0.25) is 0 Å². The standard InChI is InChI=1S/C20H25F3N2OS/c1-7-12(2)13(3)19(5,6)18(26)25(14(4)27)16-9-8-15(11-24)17(10-16)20(21,22)23/h8-10,12-13H,7H2,1-6H3. The minimum absolute atomic E-state index is 0.00711. The van der Waals surface area contributed by atoms with E-state index in [1.165, 1.54) is 13.0 Å². The van der Waals surface area contributed by atoms with Gasteiger partial charge in [0.1, 0.15) is 0 Å². The van der Waals surface area contributed by atoms with E-state index in [9.17, 15) is 18.0 Å². The van der Waals surface area contributed by atoms with Crippen molar-refractivity contribution in [3.8, 4) is 6.07 Å². The summed E-state index contributed by atoms with van der Waals surface area (Å²) in [6, 6.07) is 4.75. The first kappa shape index (κ1) is 23.1. The molecule has 27 heavy (non-hydrogen) atoms. The summed E-state index contributed by atoms with van der Waals surface area (Å²) in [5.41, 5.74) is -2.39. The maximum Gasteiger partial charge on any atom is 0.417 e. The van der Waals surface area contributed by atoms with Crippen molar-refractivity contribution in [1.82, 2.24) is 0 Å². The Hall–Kier alpha value is -1.94. The predicted molar refractivity (Wildman–Crippen MR) is 104 cm³/mol. The Bertz CT molecular complexity index is 765. The molecule has 1 aromatic carbocycles. The van der Waals surface area contributed by atoms with Gasteiger partial charge in [0.05, 0.1) is 27.9 Å². The highest BCUT2D eigenvalue weighted by Crippen LogP contribution is 2.39. The van der Waals surface area contributed by atoms with E-state index in [0.717, 1.165) is 23.5 Å². The minimum atomic E-state index is -4.70. The van der Waals surface area contributed by atoms with Gasteiger partial charge in [-0.3, -0.25) is 9.69 Å². The van der Waals surface area contributed by atoms with Gasteiger partial charge in [-0.2, -0.15) is 18.4 Å². The Morgan fingerprint density at radius 3 is 2.26 bits per heavy atom. The molecule has 0 aliphatic rings. The first-order valence-electron chi connectivity index (χ1n) is 8.75. The Morgan fingerprint density at radius 2 is 1.85 bits per heavy atom. The zero-order chi connectivity index (χ0) is 21.2. The quantitative estimate of drug-likeness (QED) is 0.574. The number of amides is 1. The lowest BCUT2D eigenvalue weighted by Crippen LogP contribution is -2.47. The Kier molecular flexibility index (Phi) is 7.17. The third kappa shape index (κ3) is 4.86. The second-order valence-corrected chi connectivity index (χ2v) is 7.99. The highest BCUT2D eigenvalue weighted by atomic mass is 32.1. The highest BCUT2D eigenvalue weighted by Gasteiger charge is 2.41. The van der Waals surface area contributed by atoms with Gasteiger partial charge in [-0.25, -0.2) is 0 Å². The largest absolute Gasteiger partial charge is 0.417 e. The van der Waals surface area contributed by atoms with E-state index in [1.54, 1.807) is 19.9 Å². The monoisotopic (exact) mass is 398 g/mol. The van der Waals surface area contributed by atoms with Crippen LogP contribution in [0.1, 0.15) is 59.1 Å². The molecule has 0 bridgehead atoms. The number of benzene rings is 1. The van der Waals surface area contributed by atoms with E-state index in [2.05, 4.69) is 0 Å². The number of hydrogen-bond donors (Lipinski definition) is 0. The number of hydrogen-bond acceptors (Lipinski definition) is 3. The van der Waals surface area contributed by atoms with Crippen LogP contribution >= 0.6 is 12.2 Å². The Morgan fingerprint density at radius 1 is 1.30 bits per heavy atom. The van der Waals surface area contributed by atoms with Crippen molar-refractivity contribution < 1.29 is 18.0 Å². The summed E-state index contributed by atoms with van der Waals surface area (Å²) in [6.07, 6.45) is -3.83. The van der Waals surface area contributed by atoms with Crippen molar-refractivity contribution in [1.29, 1.82) is 5.26 Å². The molecule has 0 saturated heterocycles. The van der Waals surface area contributed by atoms with Crippen LogP contribution in [0.25, 0.3) is 0 Å². The van der Waals surface area contributed by atoms with Crippen LogP contribution in [0.15, 0.2) is 18.2 Å². The first-order chi connectivity index (χ1) is 12.3. The zero-order valence-corrected chi connectivity index (χ0v) is 17.3. The molecule has 0 spiro atoms. The normalized spacial score (nSPS) is 14.2. The summed E-state index contributed by atoms with van der Waals surface area (Å²) in [5.74, 6) is -0.115. The number of carbonyl (C=O) groups is 1. The summed E-state index contributed by atoms with van der Waals surface area (Å²) < 4.78 is 39.9. The molecule has 148 valence electrons. The molecule has 0 aliphatic heterocycles. The topological polar surface area (TPSA) is 44.1 Å². The van der Waals surface area contributed by atoms with Crippen molar-refractivity contribution in [2.24, 2.45) is 17.3 Å². The van der Waals surface area contributed by atoms with Gasteiger partial charge >= 0.3 is 6.18 Å². The van der Waals surface area contributed by atoms with Gasteiger partial charge in [0.25, 0.3) is 0 Å². The van der Waals surface area contributed by atoms with Gasteiger partial charge < -0.3 is 0 Å². The van der Waals surface area contributed by atoms with Gasteiger partial charge in [-0.15, -0.1) is 0 Å². The van der Waals surface area contributed by atoms with Crippen LogP contribution in [0.4, 0.5) is 18.9 Å². The summed E-state index contributed by atoms with van der Waals surface area (Å²) in [4.78, 5) is 14.6. The lowest BCUT2D eigenvalue weighted by molar-refractivity contribution is -0.138. The molecular formula is C20H25F3N2OS. The van der Waals surface area contributed by atoms with Crippen molar-refractivity contribution >= 4 is 28.8 Å². The molecule has 0 aliphatic carbocycles. The number of thiocarbonyl (C=S) groups is 1. The third-order valence-electron chi connectivity index (χ3n) is 5.39. The summed E-state index contributed by atoms with van der Waals surface area (Å²) in [7, 11) is 0. The predicted octanol–water partition coefficient (Wildman–Crippen LogP) is 5.97. The molecule has 1 amide bonds. The minimum Gasteiger partial charge on any atom is -0.275 e. The van der Waals surface area contributed by atoms with Crippen LogP contribution in [0, 0.1) is 28.6 Å². The fourth-order valence-electron chi connectivity index (χ4n) is 2.99. The van der Waals surface area contributed by atoms with E-state index in [4.69, 9.17) is 17.5 Å². The lowest BCUT2D eigenvalue weighted by atomic mass is 9.71. The number of nitrogens with zero attached hydrogens (tertiary/aromatic N) is 2. The van der Waals surface area contributed by atoms with Crippen LogP contribution in [-0.2, 0) is 11.0 Å². The molecule has 0 fully saturated rings. The molecule has 3 nitrogen and oxygen atoms in total. The zero-order valence-electron chi connectivity index (χ0n) is 16.4. The summed E-state index contributed by atoms with van der Waals surface area (Å²) in [6.45, 7) is 11.1. The molecule has 2 atom stereocenters. The number of rotatable bonds is 5. The van der Waals surface area contributed by atoms with Gasteiger partial charge in [0.15, 0.2) is 0 Å². The molecular weight excluding hydrogens is 373 g/mol. The smallest absolute Gasteiger partial charge is 0.275 e. The number of carbonyl (C=O) groups excluding carboxylic acids is 1. The van der Waals surface area contributed by atoms with Crippen molar-refractivity contribution in [2.75, 3.05) is 4.90 Å². The molecule has 1 rings (SSSR count). The average Bonchev–Trinajstić information content (AvgIpc) is 2.59. The molecule has 0 N–H and O–H groups in total. The van der Waals surface area contributed by atoms with Crippen LogP contribution in [-0.4, -0.2) is 10.9 Å². The van der Waals surface area contributed by atoms with Gasteiger partial charge in [0.2, 0.25) is 5.91 Å². The van der Waals surface area contributed by atoms with E-state index in [1.807, 2.05) is 20.8 Å². The van der Waals surface area contributed by atoms with Crippen LogP contribution < -0.4 is 4.90 Å². The number of alkyl halides is 3. The number of anilines is 1. The van der Waals surface area contributed by atoms with Gasteiger partial charge in [-0.05, 0) is 37.0 Å². The van der Waals surface area contributed by atoms with E-state index < -0.39 is 22.7 Å². The van der Waals surface area contributed by atoms with Crippen molar-refractivity contribution in [3.63, 3.8) is 0 Å². The summed E-state index contributed by atoms with van der Waals surface area (Å²) in [5, 5.41) is 8.96. The van der Waals surface area contributed by atoms with Crippen molar-refractivity contribution in [3.05, 3.63) is 29.3 Å². The van der Waals surface area contributed by atoms with Gasteiger partial charge in [-0.1, -0.05) is 53.3 Å². The fourth-order valence-corrected chi connectivity index (χ4v) is 3.18. The summed E-state index contributed by atoms with van der Waals surface area (Å²) >= 11 is 5.18. The number of halogens is 3. The average molecular weight is 398 g/mol. The van der Waals surface area contributed by atoms with Gasteiger partial charge in [0, 0.05) is 5.41 Å². The molecule has 0 heterocycles. The maximum atomic E-state index is 13.3. The van der Waals surface area contributed by atoms with Crippen LogP contribution in [0.3, 0.4) is 0 Å². The second-order valence-electron chi connectivity index (χ2n) is 7.39. The molecule has 0 aromatic heterocycles. The molecule has 1 aromatic rings. The van der Waals surface area contributed by atoms with Crippen molar-refractivity contribution in [2.45, 2.75) is 54.1 Å². The van der Waals surface area contributed by atoms with E-state index >= 15 is 0 Å². The third-order valence-corrected chi connectivity index (χ3v) is 5.57. The first-order valence-corrected chi connectivity index (χ1v) is 9.16. The molecule has 7 heteroatoms. The number of nitriles is 1. The molecule has 2 unspecified atom stereocenters. The fraction of sp³-hybridized carbons (Fsp3) is 0.550. The molecule has 0 saturated carbocycles. The highest BCUT2D eigenvalue weighted by molar-refractivity contribution is 7.80. The van der Waals surface area contributed by atoms with Crippen LogP contribution in [0.5, 0.6) is 0 Å².